The number of carbonyl (C=O) groups excluding carboxylic acids is 1. The fraction of sp³-hybridized carbons (Fsp3) is 0.706. The number of carboxylic acids is 1. The van der Waals surface area contributed by atoms with E-state index in [1.54, 1.807) is 11.1 Å². The summed E-state index contributed by atoms with van der Waals surface area (Å²) in [4.78, 5) is 25.3. The summed E-state index contributed by atoms with van der Waals surface area (Å²) in [6, 6.07) is -0.238. The third-order valence-electron chi connectivity index (χ3n) is 4.45. The summed E-state index contributed by atoms with van der Waals surface area (Å²) in [5.74, 6) is -1.06. The number of unbranched alkanes of at least 4 members (excludes halogenated alkanes) is 1. The molecule has 7 nitrogen and oxygen atoms in total. The van der Waals surface area contributed by atoms with Gasteiger partial charge in [0, 0.05) is 19.6 Å². The molecule has 0 aromatic carbocycles. The fourth-order valence-corrected chi connectivity index (χ4v) is 3.14. The Bertz CT molecular complexity index is 582. The standard InChI is InChI=1S/C17H28N4O3/c1-4-5-9-21-15(12(2)3)14(10-18-21)19-17(24)20-8-6-7-13(11-20)16(22)23/h10,12-13H,4-9,11H2,1-3H3,(H,19,24)(H,22,23). The van der Waals surface area contributed by atoms with Gasteiger partial charge in [-0.05, 0) is 25.2 Å². The van der Waals surface area contributed by atoms with Crippen LogP contribution in [0, 0.1) is 5.92 Å². The molecule has 1 atom stereocenters. The summed E-state index contributed by atoms with van der Waals surface area (Å²) in [7, 11) is 0. The Morgan fingerprint density at radius 1 is 1.46 bits per heavy atom. The Kier molecular flexibility index (Phi) is 6.23. The van der Waals surface area contributed by atoms with Crippen LogP contribution in [0.1, 0.15) is 58.1 Å². The molecule has 2 amide bonds. The molecule has 1 aliphatic rings. The molecular weight excluding hydrogens is 308 g/mol. The van der Waals surface area contributed by atoms with Gasteiger partial charge in [0.15, 0.2) is 0 Å². The number of hydrogen-bond acceptors (Lipinski definition) is 3. The van der Waals surface area contributed by atoms with Crippen molar-refractivity contribution in [3.8, 4) is 0 Å². The molecule has 24 heavy (non-hydrogen) atoms. The minimum absolute atomic E-state index is 0.238. The molecule has 0 bridgehead atoms. The van der Waals surface area contributed by atoms with Crippen molar-refractivity contribution in [2.24, 2.45) is 5.92 Å². The minimum atomic E-state index is -0.831. The van der Waals surface area contributed by atoms with E-state index in [-0.39, 0.29) is 18.5 Å². The summed E-state index contributed by atoms with van der Waals surface area (Å²) < 4.78 is 1.96. The Balaban J connectivity index is 2.08. The summed E-state index contributed by atoms with van der Waals surface area (Å²) in [5, 5.41) is 16.5. The number of nitrogens with one attached hydrogen (secondary N) is 1. The maximum absolute atomic E-state index is 12.5. The molecule has 1 fully saturated rings. The van der Waals surface area contributed by atoms with Crippen LogP contribution in [0.5, 0.6) is 0 Å². The van der Waals surface area contributed by atoms with Crippen molar-refractivity contribution in [2.75, 3.05) is 18.4 Å². The number of hydrogen-bond donors (Lipinski definition) is 2. The summed E-state index contributed by atoms with van der Waals surface area (Å²) in [5.41, 5.74) is 1.74. The molecule has 0 spiro atoms. The maximum atomic E-state index is 12.5. The summed E-state index contributed by atoms with van der Waals surface area (Å²) in [6.07, 6.45) is 5.18. The van der Waals surface area contributed by atoms with Gasteiger partial charge in [-0.25, -0.2) is 4.79 Å². The number of urea groups is 1. The molecule has 2 rings (SSSR count). The predicted octanol–water partition coefficient (Wildman–Crippen LogP) is 3.14. The van der Waals surface area contributed by atoms with Crippen molar-refractivity contribution >= 4 is 17.7 Å². The number of likely N-dealkylation sites (tertiary alicyclic amines) is 1. The van der Waals surface area contributed by atoms with Crippen molar-refractivity contribution in [2.45, 2.75) is 58.9 Å². The largest absolute Gasteiger partial charge is 0.481 e. The molecule has 1 saturated heterocycles. The first-order valence-corrected chi connectivity index (χ1v) is 8.78. The first-order valence-electron chi connectivity index (χ1n) is 8.78. The molecule has 1 aromatic heterocycles. The number of nitrogens with zero attached hydrogens (tertiary/aromatic N) is 3. The van der Waals surface area contributed by atoms with Gasteiger partial charge in [0.05, 0.1) is 23.5 Å². The molecule has 134 valence electrons. The van der Waals surface area contributed by atoms with E-state index in [0.717, 1.165) is 37.2 Å². The highest BCUT2D eigenvalue weighted by atomic mass is 16.4. The molecule has 0 saturated carbocycles. The maximum Gasteiger partial charge on any atom is 0.321 e. The van der Waals surface area contributed by atoms with E-state index in [9.17, 15) is 9.59 Å². The van der Waals surface area contributed by atoms with Crippen LogP contribution in [0.3, 0.4) is 0 Å². The summed E-state index contributed by atoms with van der Waals surface area (Å²) in [6.45, 7) is 7.99. The molecular formula is C17H28N4O3. The highest BCUT2D eigenvalue weighted by molar-refractivity contribution is 5.90. The van der Waals surface area contributed by atoms with Gasteiger partial charge >= 0.3 is 12.0 Å². The Morgan fingerprint density at radius 3 is 2.83 bits per heavy atom. The third kappa shape index (κ3) is 4.27. The topological polar surface area (TPSA) is 87.5 Å². The number of amides is 2. The molecule has 2 heterocycles. The van der Waals surface area contributed by atoms with Gasteiger partial charge in [-0.15, -0.1) is 0 Å². The average Bonchev–Trinajstić information content (AvgIpc) is 2.95. The molecule has 0 aliphatic carbocycles. The quantitative estimate of drug-likeness (QED) is 0.835. The first kappa shape index (κ1) is 18.3. The molecule has 1 aliphatic heterocycles. The normalized spacial score (nSPS) is 18.0. The van der Waals surface area contributed by atoms with Crippen molar-refractivity contribution in [1.82, 2.24) is 14.7 Å². The van der Waals surface area contributed by atoms with Crippen LogP contribution in [0.2, 0.25) is 0 Å². The number of aryl methyl sites for hydroxylation is 1. The second kappa shape index (κ2) is 8.17. The first-order chi connectivity index (χ1) is 11.4. The number of anilines is 1. The fourth-order valence-electron chi connectivity index (χ4n) is 3.14. The van der Waals surface area contributed by atoms with E-state index in [4.69, 9.17) is 5.11 Å². The zero-order valence-electron chi connectivity index (χ0n) is 14.8. The number of carboxylic acid groups (broad SMARTS) is 1. The van der Waals surface area contributed by atoms with Gasteiger partial charge in [-0.3, -0.25) is 9.48 Å². The lowest BCUT2D eigenvalue weighted by molar-refractivity contribution is -0.143. The van der Waals surface area contributed by atoms with E-state index in [1.807, 2.05) is 4.68 Å². The lowest BCUT2D eigenvalue weighted by atomic mass is 9.99. The SMILES string of the molecule is CCCCn1ncc(NC(=O)N2CCCC(C(=O)O)C2)c1C(C)C. The van der Waals surface area contributed by atoms with Gasteiger partial charge in [0.1, 0.15) is 0 Å². The van der Waals surface area contributed by atoms with E-state index < -0.39 is 11.9 Å². The van der Waals surface area contributed by atoms with Crippen LogP contribution in [-0.2, 0) is 11.3 Å². The molecule has 0 radical (unpaired) electrons. The van der Waals surface area contributed by atoms with Crippen molar-refractivity contribution in [3.63, 3.8) is 0 Å². The van der Waals surface area contributed by atoms with E-state index >= 15 is 0 Å². The van der Waals surface area contributed by atoms with Crippen LogP contribution >= 0.6 is 0 Å². The summed E-state index contributed by atoms with van der Waals surface area (Å²) >= 11 is 0. The highest BCUT2D eigenvalue weighted by Gasteiger charge is 2.29. The predicted molar refractivity (Wildman–Crippen MR) is 92.2 cm³/mol. The van der Waals surface area contributed by atoms with Gasteiger partial charge < -0.3 is 15.3 Å². The van der Waals surface area contributed by atoms with E-state index in [1.165, 1.54) is 0 Å². The van der Waals surface area contributed by atoms with Crippen LogP contribution in [0.4, 0.5) is 10.5 Å². The zero-order chi connectivity index (χ0) is 17.7. The van der Waals surface area contributed by atoms with E-state index in [2.05, 4.69) is 31.2 Å². The van der Waals surface area contributed by atoms with Crippen LogP contribution in [0.15, 0.2) is 6.20 Å². The highest BCUT2D eigenvalue weighted by Crippen LogP contribution is 2.25. The Labute approximate surface area is 143 Å². The number of carbonyl (C=O) groups is 2. The van der Waals surface area contributed by atoms with Gasteiger partial charge in [0.2, 0.25) is 0 Å². The molecule has 2 N–H and O–H groups in total. The molecule has 1 unspecified atom stereocenters. The number of aliphatic carboxylic acids is 1. The lowest BCUT2D eigenvalue weighted by Gasteiger charge is -2.30. The smallest absolute Gasteiger partial charge is 0.321 e. The van der Waals surface area contributed by atoms with Crippen molar-refractivity contribution in [1.29, 1.82) is 0 Å². The van der Waals surface area contributed by atoms with Crippen LogP contribution in [-0.4, -0.2) is 44.9 Å². The molecule has 1 aromatic rings. The van der Waals surface area contributed by atoms with Gasteiger partial charge in [0.25, 0.3) is 0 Å². The van der Waals surface area contributed by atoms with Crippen molar-refractivity contribution in [3.05, 3.63) is 11.9 Å². The lowest BCUT2D eigenvalue weighted by Crippen LogP contribution is -2.44. The van der Waals surface area contributed by atoms with E-state index in [0.29, 0.717) is 13.0 Å². The number of rotatable bonds is 6. The minimum Gasteiger partial charge on any atom is -0.481 e. The van der Waals surface area contributed by atoms with Crippen LogP contribution < -0.4 is 5.32 Å². The van der Waals surface area contributed by atoms with Crippen LogP contribution in [0.25, 0.3) is 0 Å². The zero-order valence-corrected chi connectivity index (χ0v) is 14.8. The Hall–Kier alpha value is -2.05. The Morgan fingerprint density at radius 2 is 2.21 bits per heavy atom. The third-order valence-corrected chi connectivity index (χ3v) is 4.45. The number of aromatic nitrogens is 2. The monoisotopic (exact) mass is 336 g/mol. The second-order valence-electron chi connectivity index (χ2n) is 6.73. The van der Waals surface area contributed by atoms with Gasteiger partial charge in [-0.2, -0.15) is 5.10 Å². The van der Waals surface area contributed by atoms with Gasteiger partial charge in [-0.1, -0.05) is 27.2 Å². The second-order valence-corrected chi connectivity index (χ2v) is 6.73. The average molecular weight is 336 g/mol. The molecule has 7 heteroatoms. The number of piperidine rings is 1. The van der Waals surface area contributed by atoms with Crippen molar-refractivity contribution < 1.29 is 14.7 Å².